The van der Waals surface area contributed by atoms with Gasteiger partial charge in [-0.2, -0.15) is 0 Å². The molecule has 1 aliphatic rings. The van der Waals surface area contributed by atoms with E-state index in [1.54, 1.807) is 0 Å². The number of hydrogen-bond acceptors (Lipinski definition) is 3. The summed E-state index contributed by atoms with van der Waals surface area (Å²) in [7, 11) is 2.23. The molecule has 1 rings (SSSR count). The van der Waals surface area contributed by atoms with Gasteiger partial charge in [0.1, 0.15) is 0 Å². The van der Waals surface area contributed by atoms with Crippen LogP contribution in [0.2, 0.25) is 0 Å². The number of nitrogens with two attached hydrogens (primary N) is 1. The van der Waals surface area contributed by atoms with Crippen LogP contribution in [0.1, 0.15) is 26.7 Å². The first kappa shape index (κ1) is 12.9. The van der Waals surface area contributed by atoms with Crippen LogP contribution in [0.15, 0.2) is 0 Å². The number of rotatable bonds is 5. The lowest BCUT2D eigenvalue weighted by Gasteiger charge is -2.35. The highest BCUT2D eigenvalue weighted by molar-refractivity contribution is 4.76. The van der Waals surface area contributed by atoms with Crippen LogP contribution in [0.25, 0.3) is 0 Å². The van der Waals surface area contributed by atoms with E-state index in [1.807, 2.05) is 0 Å². The van der Waals surface area contributed by atoms with E-state index in [9.17, 15) is 0 Å². The first-order valence-electron chi connectivity index (χ1n) is 6.26. The van der Waals surface area contributed by atoms with Crippen molar-refractivity contribution >= 4 is 0 Å². The zero-order valence-corrected chi connectivity index (χ0v) is 10.6. The van der Waals surface area contributed by atoms with Gasteiger partial charge in [-0.25, -0.2) is 0 Å². The van der Waals surface area contributed by atoms with E-state index >= 15 is 0 Å². The molecule has 2 N–H and O–H groups in total. The number of likely N-dealkylation sites (tertiary alicyclic amines) is 1. The molecule has 0 bridgehead atoms. The molecule has 1 fully saturated rings. The Morgan fingerprint density at radius 3 is 2.80 bits per heavy atom. The van der Waals surface area contributed by atoms with E-state index in [0.29, 0.717) is 6.04 Å². The molecule has 1 unspecified atom stereocenters. The summed E-state index contributed by atoms with van der Waals surface area (Å²) >= 11 is 0. The lowest BCUT2D eigenvalue weighted by atomic mass is 9.97. The van der Waals surface area contributed by atoms with Crippen molar-refractivity contribution in [1.82, 2.24) is 9.80 Å². The molecule has 15 heavy (non-hydrogen) atoms. The van der Waals surface area contributed by atoms with Crippen LogP contribution < -0.4 is 5.73 Å². The molecule has 1 heterocycles. The third-order valence-corrected chi connectivity index (χ3v) is 3.48. The van der Waals surface area contributed by atoms with Gasteiger partial charge in [0.25, 0.3) is 0 Å². The predicted octanol–water partition coefficient (Wildman–Crippen LogP) is 0.997. The maximum atomic E-state index is 5.60. The van der Waals surface area contributed by atoms with Crippen molar-refractivity contribution in [3.8, 4) is 0 Å². The highest BCUT2D eigenvalue weighted by Gasteiger charge is 2.20. The molecule has 0 aromatic heterocycles. The van der Waals surface area contributed by atoms with E-state index in [0.717, 1.165) is 19.0 Å². The maximum absolute atomic E-state index is 5.60. The Morgan fingerprint density at radius 1 is 1.47 bits per heavy atom. The van der Waals surface area contributed by atoms with Crippen molar-refractivity contribution in [2.24, 2.45) is 11.7 Å². The van der Waals surface area contributed by atoms with Crippen molar-refractivity contribution in [1.29, 1.82) is 0 Å². The van der Waals surface area contributed by atoms with Gasteiger partial charge in [-0.1, -0.05) is 0 Å². The van der Waals surface area contributed by atoms with Crippen LogP contribution in [0, 0.1) is 5.92 Å². The molecule has 0 amide bonds. The van der Waals surface area contributed by atoms with Crippen LogP contribution in [0.4, 0.5) is 0 Å². The molecule has 0 saturated carbocycles. The van der Waals surface area contributed by atoms with Crippen molar-refractivity contribution in [2.75, 3.05) is 39.8 Å². The van der Waals surface area contributed by atoms with E-state index in [4.69, 9.17) is 5.73 Å². The Bertz CT molecular complexity index is 168. The summed E-state index contributed by atoms with van der Waals surface area (Å²) in [4.78, 5) is 4.97. The summed E-state index contributed by atoms with van der Waals surface area (Å²) in [5, 5.41) is 0. The molecular formula is C12H27N3. The summed E-state index contributed by atoms with van der Waals surface area (Å²) in [6.07, 6.45) is 2.73. The summed E-state index contributed by atoms with van der Waals surface area (Å²) in [6, 6.07) is 0.662. The normalized spacial score (nSPS) is 24.0. The van der Waals surface area contributed by atoms with Gasteiger partial charge in [0, 0.05) is 32.2 Å². The van der Waals surface area contributed by atoms with Crippen molar-refractivity contribution in [3.63, 3.8) is 0 Å². The van der Waals surface area contributed by atoms with Gasteiger partial charge < -0.3 is 15.5 Å². The number of hydrogen-bond donors (Lipinski definition) is 1. The van der Waals surface area contributed by atoms with Crippen molar-refractivity contribution in [2.45, 2.75) is 32.7 Å². The van der Waals surface area contributed by atoms with E-state index in [2.05, 4.69) is 30.7 Å². The Labute approximate surface area is 94.6 Å². The first-order chi connectivity index (χ1) is 7.13. The van der Waals surface area contributed by atoms with Gasteiger partial charge in [-0.05, 0) is 46.2 Å². The topological polar surface area (TPSA) is 32.5 Å². The average molecular weight is 213 g/mol. The van der Waals surface area contributed by atoms with Crippen LogP contribution in [-0.2, 0) is 0 Å². The molecule has 3 nitrogen and oxygen atoms in total. The summed E-state index contributed by atoms with van der Waals surface area (Å²) in [5.74, 6) is 0.845. The second kappa shape index (κ2) is 6.46. The molecule has 0 radical (unpaired) electrons. The molecule has 0 aromatic carbocycles. The van der Waals surface area contributed by atoms with E-state index < -0.39 is 0 Å². The van der Waals surface area contributed by atoms with Crippen molar-refractivity contribution in [3.05, 3.63) is 0 Å². The van der Waals surface area contributed by atoms with Gasteiger partial charge in [0.05, 0.1) is 0 Å². The van der Waals surface area contributed by atoms with Gasteiger partial charge in [-0.15, -0.1) is 0 Å². The standard InChI is InChI=1S/C12H27N3/c1-11(2)14(3)9-12-5-4-7-15(10-12)8-6-13/h11-12H,4-10,13H2,1-3H3. The SMILES string of the molecule is CC(C)N(C)CC1CCCN(CCN)C1. The molecule has 1 aliphatic heterocycles. The molecule has 0 aromatic rings. The Kier molecular flexibility index (Phi) is 5.58. The minimum Gasteiger partial charge on any atom is -0.329 e. The Hall–Kier alpha value is -0.120. The van der Waals surface area contributed by atoms with Gasteiger partial charge in [-0.3, -0.25) is 0 Å². The van der Waals surface area contributed by atoms with Crippen LogP contribution >= 0.6 is 0 Å². The quantitative estimate of drug-likeness (QED) is 0.739. The predicted molar refractivity (Wildman–Crippen MR) is 66.0 cm³/mol. The summed E-state index contributed by atoms with van der Waals surface area (Å²) in [5.41, 5.74) is 5.60. The second-order valence-electron chi connectivity index (χ2n) is 5.13. The van der Waals surface area contributed by atoms with Crippen molar-refractivity contribution < 1.29 is 0 Å². The van der Waals surface area contributed by atoms with Gasteiger partial charge in [0.2, 0.25) is 0 Å². The first-order valence-corrected chi connectivity index (χ1v) is 6.26. The van der Waals surface area contributed by atoms with Crippen LogP contribution in [0.5, 0.6) is 0 Å². The smallest absolute Gasteiger partial charge is 0.0105 e. The molecular weight excluding hydrogens is 186 g/mol. The third-order valence-electron chi connectivity index (χ3n) is 3.48. The molecule has 3 heteroatoms. The van der Waals surface area contributed by atoms with Gasteiger partial charge in [0.15, 0.2) is 0 Å². The summed E-state index contributed by atoms with van der Waals surface area (Å²) < 4.78 is 0. The highest BCUT2D eigenvalue weighted by Crippen LogP contribution is 2.17. The minimum atomic E-state index is 0.662. The fourth-order valence-corrected chi connectivity index (χ4v) is 2.30. The molecule has 90 valence electrons. The monoisotopic (exact) mass is 213 g/mol. The average Bonchev–Trinajstić information content (AvgIpc) is 2.18. The Balaban J connectivity index is 2.29. The fraction of sp³-hybridized carbons (Fsp3) is 1.00. The van der Waals surface area contributed by atoms with Crippen LogP contribution in [-0.4, -0.2) is 55.6 Å². The molecule has 1 atom stereocenters. The lowest BCUT2D eigenvalue weighted by molar-refractivity contribution is 0.134. The largest absolute Gasteiger partial charge is 0.329 e. The third kappa shape index (κ3) is 4.49. The maximum Gasteiger partial charge on any atom is 0.0105 e. The Morgan fingerprint density at radius 2 is 2.20 bits per heavy atom. The van der Waals surface area contributed by atoms with E-state index in [-0.39, 0.29) is 0 Å². The van der Waals surface area contributed by atoms with E-state index in [1.165, 1.54) is 32.5 Å². The molecule has 1 saturated heterocycles. The van der Waals surface area contributed by atoms with Gasteiger partial charge >= 0.3 is 0 Å². The number of nitrogens with zero attached hydrogens (tertiary/aromatic N) is 2. The number of piperidine rings is 1. The molecule has 0 spiro atoms. The van der Waals surface area contributed by atoms with Crippen LogP contribution in [0.3, 0.4) is 0 Å². The zero-order chi connectivity index (χ0) is 11.3. The lowest BCUT2D eigenvalue weighted by Crippen LogP contribution is -2.43. The highest BCUT2D eigenvalue weighted by atomic mass is 15.2. The fourth-order valence-electron chi connectivity index (χ4n) is 2.30. The second-order valence-corrected chi connectivity index (χ2v) is 5.13. The summed E-state index contributed by atoms with van der Waals surface area (Å²) in [6.45, 7) is 10.1. The molecule has 0 aliphatic carbocycles. The minimum absolute atomic E-state index is 0.662. The zero-order valence-electron chi connectivity index (χ0n) is 10.6.